The van der Waals surface area contributed by atoms with E-state index >= 15 is 0 Å². The Morgan fingerprint density at radius 2 is 1.63 bits per heavy atom. The van der Waals surface area contributed by atoms with Crippen LogP contribution < -0.4 is 15.4 Å². The second kappa shape index (κ2) is 13.0. The standard InChI is InChI=1S/C30H32F4N6O3/c1-38-12-14-39(15-13-38)19-20-4-5-21(16-24(20)30(32,33)34)36-29(42)37-26-7-6-22(17-25(26)31)43-23-8-9-35-27(18-23)28(41)40-10-2-3-11-40/h4-9,16-18H,2-3,10-15,19H2,1H3,(H2,36,37,42). The van der Waals surface area contributed by atoms with Gasteiger partial charge in [0, 0.05) is 69.8 Å². The molecule has 9 nitrogen and oxygen atoms in total. The van der Waals surface area contributed by atoms with Crippen molar-refractivity contribution in [3.63, 3.8) is 0 Å². The van der Waals surface area contributed by atoms with Gasteiger partial charge in [0.1, 0.15) is 23.0 Å². The molecular formula is C30H32F4N6O3. The molecule has 0 atom stereocenters. The first kappa shape index (κ1) is 30.2. The minimum Gasteiger partial charge on any atom is -0.457 e. The molecular weight excluding hydrogens is 568 g/mol. The summed E-state index contributed by atoms with van der Waals surface area (Å²) in [6, 6.07) is 9.46. The Bertz CT molecular complexity index is 1470. The number of nitrogens with zero attached hydrogens (tertiary/aromatic N) is 4. The first-order valence-electron chi connectivity index (χ1n) is 14.0. The van der Waals surface area contributed by atoms with Crippen LogP contribution in [0.2, 0.25) is 0 Å². The number of aromatic nitrogens is 1. The smallest absolute Gasteiger partial charge is 0.416 e. The Morgan fingerprint density at radius 1 is 0.907 bits per heavy atom. The van der Waals surface area contributed by atoms with Gasteiger partial charge < -0.3 is 25.2 Å². The van der Waals surface area contributed by atoms with E-state index in [4.69, 9.17) is 4.74 Å². The largest absolute Gasteiger partial charge is 0.457 e. The zero-order valence-electron chi connectivity index (χ0n) is 23.6. The van der Waals surface area contributed by atoms with Gasteiger partial charge in [0.2, 0.25) is 0 Å². The van der Waals surface area contributed by atoms with Gasteiger partial charge in [0.15, 0.2) is 0 Å². The fourth-order valence-corrected chi connectivity index (χ4v) is 5.06. The van der Waals surface area contributed by atoms with Crippen LogP contribution in [0.4, 0.5) is 33.7 Å². The van der Waals surface area contributed by atoms with E-state index in [0.717, 1.165) is 38.1 Å². The Kier molecular flexibility index (Phi) is 9.11. The Labute approximate surface area is 246 Å². The van der Waals surface area contributed by atoms with Crippen LogP contribution in [0.15, 0.2) is 54.7 Å². The van der Waals surface area contributed by atoms with Crippen molar-refractivity contribution in [2.45, 2.75) is 25.6 Å². The van der Waals surface area contributed by atoms with Gasteiger partial charge in [-0.25, -0.2) is 9.18 Å². The molecule has 0 saturated carbocycles. The van der Waals surface area contributed by atoms with Gasteiger partial charge in [0.25, 0.3) is 5.91 Å². The van der Waals surface area contributed by atoms with Crippen molar-refractivity contribution in [3.05, 3.63) is 77.4 Å². The number of hydrogen-bond acceptors (Lipinski definition) is 6. The van der Waals surface area contributed by atoms with Gasteiger partial charge >= 0.3 is 12.2 Å². The number of carbonyl (C=O) groups excluding carboxylic acids is 2. The molecule has 43 heavy (non-hydrogen) atoms. The highest BCUT2D eigenvalue weighted by Gasteiger charge is 2.34. The molecule has 2 aromatic carbocycles. The van der Waals surface area contributed by atoms with Crippen molar-refractivity contribution in [1.82, 2.24) is 19.7 Å². The highest BCUT2D eigenvalue weighted by Crippen LogP contribution is 2.35. The summed E-state index contributed by atoms with van der Waals surface area (Å²) in [7, 11) is 1.97. The highest BCUT2D eigenvalue weighted by atomic mass is 19.4. The summed E-state index contributed by atoms with van der Waals surface area (Å²) in [5.41, 5.74) is -0.781. The van der Waals surface area contributed by atoms with E-state index in [1.807, 2.05) is 11.9 Å². The predicted octanol–water partition coefficient (Wildman–Crippen LogP) is 5.66. The maximum absolute atomic E-state index is 14.8. The molecule has 13 heteroatoms. The lowest BCUT2D eigenvalue weighted by atomic mass is 10.0. The number of rotatable bonds is 7. The SMILES string of the molecule is CN1CCN(Cc2ccc(NC(=O)Nc3ccc(Oc4ccnc(C(=O)N5CCCC5)c4)cc3F)cc2C(F)(F)F)CC1. The summed E-state index contributed by atoms with van der Waals surface area (Å²) < 4.78 is 62.1. The summed E-state index contributed by atoms with van der Waals surface area (Å²) in [5, 5.41) is 4.66. The minimum atomic E-state index is -4.62. The third-order valence-corrected chi connectivity index (χ3v) is 7.43. The minimum absolute atomic E-state index is 0.0794. The molecule has 3 amide bonds. The molecule has 0 spiro atoms. The van der Waals surface area contributed by atoms with Crippen LogP contribution in [0.25, 0.3) is 0 Å². The van der Waals surface area contributed by atoms with E-state index in [-0.39, 0.29) is 46.6 Å². The number of benzene rings is 2. The zero-order valence-corrected chi connectivity index (χ0v) is 23.6. The summed E-state index contributed by atoms with van der Waals surface area (Å²) in [5.74, 6) is -0.632. The van der Waals surface area contributed by atoms with Crippen molar-refractivity contribution >= 4 is 23.3 Å². The highest BCUT2D eigenvalue weighted by molar-refractivity contribution is 6.00. The fraction of sp³-hybridized carbons (Fsp3) is 0.367. The van der Waals surface area contributed by atoms with Gasteiger partial charge in [-0.3, -0.25) is 14.7 Å². The molecule has 2 saturated heterocycles. The first-order valence-corrected chi connectivity index (χ1v) is 14.0. The van der Waals surface area contributed by atoms with Crippen molar-refractivity contribution in [3.8, 4) is 11.5 Å². The third-order valence-electron chi connectivity index (χ3n) is 7.43. The van der Waals surface area contributed by atoms with Crippen LogP contribution in [0.1, 0.15) is 34.5 Å². The maximum atomic E-state index is 14.8. The summed E-state index contributed by atoms with van der Waals surface area (Å²) in [6.45, 7) is 4.35. The molecule has 0 aliphatic carbocycles. The number of anilines is 2. The second-order valence-corrected chi connectivity index (χ2v) is 10.6. The van der Waals surface area contributed by atoms with Crippen molar-refractivity contribution < 1.29 is 31.9 Å². The number of piperazine rings is 1. The fourth-order valence-electron chi connectivity index (χ4n) is 5.06. The third kappa shape index (κ3) is 7.79. The lowest BCUT2D eigenvalue weighted by Gasteiger charge is -2.33. The van der Waals surface area contributed by atoms with E-state index in [0.29, 0.717) is 26.2 Å². The number of alkyl halides is 3. The van der Waals surface area contributed by atoms with Gasteiger partial charge in [-0.1, -0.05) is 6.07 Å². The van der Waals surface area contributed by atoms with Gasteiger partial charge in [-0.15, -0.1) is 0 Å². The number of carbonyl (C=O) groups is 2. The molecule has 2 fully saturated rings. The Hall–Kier alpha value is -4.23. The van der Waals surface area contributed by atoms with E-state index in [9.17, 15) is 27.2 Å². The number of halogens is 4. The summed E-state index contributed by atoms with van der Waals surface area (Å²) >= 11 is 0. The van der Waals surface area contributed by atoms with Gasteiger partial charge in [-0.2, -0.15) is 13.2 Å². The number of nitrogens with one attached hydrogen (secondary N) is 2. The zero-order chi connectivity index (χ0) is 30.6. The van der Waals surface area contributed by atoms with Crippen LogP contribution in [0, 0.1) is 5.82 Å². The van der Waals surface area contributed by atoms with Crippen LogP contribution in [0.5, 0.6) is 11.5 Å². The maximum Gasteiger partial charge on any atom is 0.416 e. The van der Waals surface area contributed by atoms with Crippen molar-refractivity contribution in [1.29, 1.82) is 0 Å². The number of ether oxygens (including phenoxy) is 1. The number of hydrogen-bond donors (Lipinski definition) is 2. The molecule has 2 aliphatic rings. The van der Waals surface area contributed by atoms with Crippen molar-refractivity contribution in [2.75, 3.05) is 56.9 Å². The average Bonchev–Trinajstić information content (AvgIpc) is 3.51. The van der Waals surface area contributed by atoms with E-state index in [1.54, 1.807) is 4.90 Å². The Morgan fingerprint density at radius 3 is 2.33 bits per heavy atom. The normalized spacial score (nSPS) is 16.3. The van der Waals surface area contributed by atoms with E-state index in [2.05, 4.69) is 20.5 Å². The van der Waals surface area contributed by atoms with Crippen LogP contribution in [-0.2, 0) is 12.7 Å². The monoisotopic (exact) mass is 600 g/mol. The first-order chi connectivity index (χ1) is 20.5. The van der Waals surface area contributed by atoms with E-state index in [1.165, 1.54) is 42.6 Å². The van der Waals surface area contributed by atoms with Crippen LogP contribution in [0.3, 0.4) is 0 Å². The number of likely N-dealkylation sites (N-methyl/N-ethyl adjacent to an activating group) is 1. The molecule has 3 aromatic rings. The number of amides is 3. The topological polar surface area (TPSA) is 90.0 Å². The second-order valence-electron chi connectivity index (χ2n) is 10.6. The molecule has 3 heterocycles. The number of pyridine rings is 1. The molecule has 0 bridgehead atoms. The van der Waals surface area contributed by atoms with Gasteiger partial charge in [0.05, 0.1) is 11.3 Å². The number of urea groups is 1. The van der Waals surface area contributed by atoms with Crippen LogP contribution >= 0.6 is 0 Å². The molecule has 228 valence electrons. The molecule has 2 N–H and O–H groups in total. The average molecular weight is 601 g/mol. The summed E-state index contributed by atoms with van der Waals surface area (Å²) in [4.78, 5) is 35.1. The molecule has 0 unspecified atom stereocenters. The van der Waals surface area contributed by atoms with Crippen LogP contribution in [-0.4, -0.2) is 77.9 Å². The lowest BCUT2D eigenvalue weighted by Crippen LogP contribution is -2.44. The van der Waals surface area contributed by atoms with Crippen molar-refractivity contribution in [2.24, 2.45) is 0 Å². The lowest BCUT2D eigenvalue weighted by molar-refractivity contribution is -0.138. The molecule has 1 aromatic heterocycles. The quantitative estimate of drug-likeness (QED) is 0.341. The van der Waals surface area contributed by atoms with Gasteiger partial charge in [-0.05, 0) is 55.8 Å². The van der Waals surface area contributed by atoms with E-state index < -0.39 is 23.6 Å². The molecule has 2 aliphatic heterocycles. The number of likely N-dealkylation sites (tertiary alicyclic amines) is 1. The molecule has 5 rings (SSSR count). The molecule has 0 radical (unpaired) electrons. The summed E-state index contributed by atoms with van der Waals surface area (Å²) in [6.07, 6.45) is -1.30. The predicted molar refractivity (Wildman–Crippen MR) is 153 cm³/mol. The Balaban J connectivity index is 1.21.